The second-order valence-electron chi connectivity index (χ2n) is 18.0. The van der Waals surface area contributed by atoms with Gasteiger partial charge in [0.25, 0.3) is 0 Å². The maximum absolute atomic E-state index is 10.7. The Kier molecular flexibility index (Phi) is 20.7. The number of hydrogen-bond donors (Lipinski definition) is 2. The van der Waals surface area contributed by atoms with Gasteiger partial charge in [-0.1, -0.05) is 0 Å². The largest absolute Gasteiger partial charge is 0.741 e. The van der Waals surface area contributed by atoms with Crippen molar-refractivity contribution in [2.24, 2.45) is 0 Å². The van der Waals surface area contributed by atoms with E-state index in [2.05, 4.69) is 194 Å². The molecule has 0 saturated carbocycles. The summed E-state index contributed by atoms with van der Waals surface area (Å²) in [5, 5.41) is 0. The number of hydrogen-bond acceptors (Lipinski definition) is 8. The van der Waals surface area contributed by atoms with Crippen LogP contribution in [0.5, 0.6) is 0 Å². The Bertz CT molecular complexity index is 2240. The van der Waals surface area contributed by atoms with Gasteiger partial charge in [-0.3, -0.25) is 0 Å². The van der Waals surface area contributed by atoms with E-state index >= 15 is 0 Å². The molecule has 0 aliphatic heterocycles. The van der Waals surface area contributed by atoms with Crippen LogP contribution in [0.15, 0.2) is 97.1 Å². The van der Waals surface area contributed by atoms with Gasteiger partial charge in [-0.2, -0.15) is 26.3 Å². The maximum Gasteiger partial charge on any atom is 0.485 e. The fourth-order valence-corrected chi connectivity index (χ4v) is 23.4. The van der Waals surface area contributed by atoms with Crippen LogP contribution in [0, 0.1) is 7.82 Å². The van der Waals surface area contributed by atoms with Crippen LogP contribution in [-0.4, -0.2) is 37.0 Å². The summed E-state index contributed by atoms with van der Waals surface area (Å²) >= 11 is -6.72. The molecule has 0 saturated heterocycles. The summed E-state index contributed by atoms with van der Waals surface area (Å²) in [6.45, 7) is 31.7. The van der Waals surface area contributed by atoms with E-state index in [1.807, 2.05) is 0 Å². The third kappa shape index (κ3) is 14.6. The van der Waals surface area contributed by atoms with Gasteiger partial charge in [-0.05, 0) is 0 Å². The van der Waals surface area contributed by atoms with Gasteiger partial charge in [0, 0.05) is 0 Å². The van der Waals surface area contributed by atoms with E-state index < -0.39 is 63.0 Å². The summed E-state index contributed by atoms with van der Waals surface area (Å²) in [4.78, 5) is 0. The molecule has 0 bridgehead atoms. The number of halogens is 6. The molecule has 2 atom stereocenters. The molecule has 0 spiro atoms. The quantitative estimate of drug-likeness (QED) is 0.0772. The van der Waals surface area contributed by atoms with Crippen molar-refractivity contribution in [2.45, 2.75) is 139 Å². The Labute approximate surface area is 383 Å². The SMILES string of the molecule is CC(C)c1cccc(C(C)C)[c]1[Mo+](=[NH])([c]1ccccc1)[C](C)(C)C.CC(C)c1cccc(C(C)C)[c]1[Mo+](=[NH])([c]1ccccc1)[C](C)(C)C.O=S(=O)([O-])C(F)(F)F.O=S(=O)([O-])C(F)(F)F. The number of alkyl halides is 6. The van der Waals surface area contributed by atoms with Gasteiger partial charge < -0.3 is 9.11 Å². The molecule has 360 valence electrons. The fraction of sp³-hybridized carbons (Fsp3) is 0.478. The van der Waals surface area contributed by atoms with Gasteiger partial charge in [-0.25, -0.2) is 16.8 Å². The first-order chi connectivity index (χ1) is 28.7. The molecule has 0 aromatic heterocycles. The Morgan fingerprint density at radius 2 is 0.609 bits per heavy atom. The summed E-state index contributed by atoms with van der Waals surface area (Å²) in [6, 6.07) is 34.7. The van der Waals surface area contributed by atoms with Crippen LogP contribution in [0.4, 0.5) is 26.3 Å². The van der Waals surface area contributed by atoms with E-state index in [0.717, 1.165) is 0 Å². The summed E-state index contributed by atoms with van der Waals surface area (Å²) in [5.74, 6) is 1.78. The molecule has 0 aliphatic carbocycles. The van der Waals surface area contributed by atoms with Crippen molar-refractivity contribution in [1.29, 1.82) is 7.82 Å². The van der Waals surface area contributed by atoms with Gasteiger partial charge in [0.15, 0.2) is 20.2 Å². The Balaban J connectivity index is 0.000000480. The summed E-state index contributed by atoms with van der Waals surface area (Å²) in [7, 11) is -12.2. The average Bonchev–Trinajstić information content (AvgIpc) is 3.15. The Morgan fingerprint density at radius 3 is 0.750 bits per heavy atom. The third-order valence-corrected chi connectivity index (χ3v) is 30.2. The van der Waals surface area contributed by atoms with Crippen LogP contribution in [0.25, 0.3) is 0 Å². The molecule has 0 aliphatic rings. The third-order valence-electron chi connectivity index (χ3n) is 9.85. The number of nitrogens with one attached hydrogen (secondary N) is 2. The molecule has 8 nitrogen and oxygen atoms in total. The predicted octanol–water partition coefficient (Wildman–Crippen LogP) is 12.1. The summed E-state index contributed by atoms with van der Waals surface area (Å²) in [5.41, 5.74) is -5.75. The molecule has 18 heteroatoms. The first-order valence-electron chi connectivity index (χ1n) is 20.3. The summed E-state index contributed by atoms with van der Waals surface area (Å²) in [6.07, 6.45) is 0. The van der Waals surface area contributed by atoms with Crippen molar-refractivity contribution in [2.75, 3.05) is 0 Å². The standard InChI is InChI=1S/2C12H17.2C6H5.2C4H9.2CHF3O3S.2Mo.2HN/c2*1-9(2)11-6-5-7-12(8-11)10(3)4;2*1-2-4-6-5-3-1;2*1-4(2)3;2*2-1(3,4)8(5,6)7;;;;/h2*5-7,9-10H,1-4H3;2*1-5H;2*1-3H3;2*(H,5,6,7);;;2*1H/q;;;;;;;;2*+1;;/p-2. The molecular formula is C46H64F6Mo2N2O6S2. The smallest absolute Gasteiger partial charge is 0.485 e. The maximum atomic E-state index is 10.7. The van der Waals surface area contributed by atoms with E-state index in [4.69, 9.17) is 25.9 Å². The number of benzene rings is 4. The first kappa shape index (κ1) is 59.3. The molecule has 0 heterocycles. The van der Waals surface area contributed by atoms with Crippen molar-refractivity contribution < 1.29 is 84.0 Å². The van der Waals surface area contributed by atoms with Crippen LogP contribution in [0.2, 0.25) is 7.61 Å². The summed E-state index contributed by atoms with van der Waals surface area (Å²) < 4.78 is 143. The van der Waals surface area contributed by atoms with Crippen LogP contribution >= 0.6 is 0 Å². The van der Waals surface area contributed by atoms with E-state index in [9.17, 15) is 34.2 Å². The second kappa shape index (κ2) is 22.4. The molecule has 4 aromatic carbocycles. The zero-order chi connectivity index (χ0) is 50.2. The Morgan fingerprint density at radius 1 is 0.422 bits per heavy atom. The minimum absolute atomic E-state index is 0.0293. The molecule has 4 rings (SSSR count). The predicted molar refractivity (Wildman–Crippen MR) is 237 cm³/mol. The minimum atomic E-state index is -6.09. The first-order valence-corrected chi connectivity index (χ1v) is 31.1. The van der Waals surface area contributed by atoms with E-state index in [0.29, 0.717) is 23.7 Å². The molecule has 64 heavy (non-hydrogen) atoms. The van der Waals surface area contributed by atoms with E-state index in [-0.39, 0.29) is 7.61 Å². The molecule has 2 N–H and O–H groups in total. The monoisotopic (exact) mass is 1110 g/mol. The zero-order valence-corrected chi connectivity index (χ0v) is 44.5. The fourth-order valence-electron chi connectivity index (χ4n) is 6.48. The van der Waals surface area contributed by atoms with Crippen LogP contribution in [0.3, 0.4) is 0 Å². The van der Waals surface area contributed by atoms with Crippen LogP contribution < -0.4 is 15.8 Å². The van der Waals surface area contributed by atoms with Crippen LogP contribution in [0.1, 0.15) is 143 Å². The van der Waals surface area contributed by atoms with E-state index in [1.54, 1.807) is 0 Å². The molecule has 0 fully saturated rings. The molecule has 0 amide bonds. The normalized spacial score (nSPS) is 14.7. The van der Waals surface area contributed by atoms with Gasteiger partial charge in [-0.15, -0.1) is 0 Å². The average molecular weight is 1110 g/mol. The van der Waals surface area contributed by atoms with Crippen molar-refractivity contribution in [3.8, 4) is 0 Å². The van der Waals surface area contributed by atoms with E-state index in [1.165, 1.54) is 38.1 Å². The van der Waals surface area contributed by atoms with Gasteiger partial charge in [0.1, 0.15) is 0 Å². The van der Waals surface area contributed by atoms with Gasteiger partial charge in [0.2, 0.25) is 0 Å². The number of rotatable bonds is 8. The topological polar surface area (TPSA) is 162 Å². The van der Waals surface area contributed by atoms with Gasteiger partial charge in [0.05, 0.1) is 0 Å². The molecular weight excluding hydrogens is 1050 g/mol. The molecule has 4 aromatic rings. The van der Waals surface area contributed by atoms with Gasteiger partial charge >= 0.3 is 314 Å². The zero-order valence-electron chi connectivity index (χ0n) is 38.9. The second-order valence-corrected chi connectivity index (χ2v) is 37.1. The molecule has 0 radical (unpaired) electrons. The van der Waals surface area contributed by atoms with Crippen molar-refractivity contribution in [3.05, 3.63) is 119 Å². The van der Waals surface area contributed by atoms with Crippen molar-refractivity contribution in [3.63, 3.8) is 0 Å². The van der Waals surface area contributed by atoms with Crippen molar-refractivity contribution in [1.82, 2.24) is 0 Å². The van der Waals surface area contributed by atoms with Crippen molar-refractivity contribution >= 4 is 36.0 Å². The minimum Gasteiger partial charge on any atom is -0.741 e. The molecule has 2 unspecified atom stereocenters. The van der Waals surface area contributed by atoms with Crippen LogP contribution in [-0.2, 0) is 52.0 Å². The Hall–Kier alpha value is -2.74.